The van der Waals surface area contributed by atoms with Gasteiger partial charge in [0.25, 0.3) is 0 Å². The fourth-order valence-corrected chi connectivity index (χ4v) is 2.40. The Labute approximate surface area is 131 Å². The average Bonchev–Trinajstić information content (AvgIpc) is 2.50. The smallest absolute Gasteiger partial charge is 0.237 e. The van der Waals surface area contributed by atoms with E-state index < -0.39 is 6.04 Å². The second kappa shape index (κ2) is 7.80. The number of amides is 1. The first-order valence-electron chi connectivity index (χ1n) is 7.72. The fraction of sp³-hybridized carbons (Fsp3) is 0.389. The van der Waals surface area contributed by atoms with Crippen molar-refractivity contribution in [2.24, 2.45) is 11.7 Å². The zero-order valence-corrected chi connectivity index (χ0v) is 13.2. The summed E-state index contributed by atoms with van der Waals surface area (Å²) in [7, 11) is 0. The minimum atomic E-state index is -0.447. The number of nitrogens with one attached hydrogen (secondary N) is 1. The van der Waals surface area contributed by atoms with Crippen molar-refractivity contribution in [1.82, 2.24) is 5.32 Å². The van der Waals surface area contributed by atoms with Gasteiger partial charge in [0.1, 0.15) is 12.4 Å². The van der Waals surface area contributed by atoms with Crippen molar-refractivity contribution >= 4 is 16.7 Å². The standard InChI is InChI=1S/C18H24N2O2/c1-13(2)12-16(19)18(21)20-10-11-22-17-9-5-7-14-6-3-4-8-15(14)17/h3-9,13,16H,10-12,19H2,1-2H3,(H,20,21)/t16-/m0/s1. The van der Waals surface area contributed by atoms with E-state index in [-0.39, 0.29) is 5.91 Å². The highest BCUT2D eigenvalue weighted by Crippen LogP contribution is 2.24. The summed E-state index contributed by atoms with van der Waals surface area (Å²) in [6.07, 6.45) is 0.690. The molecule has 0 spiro atoms. The Hall–Kier alpha value is -2.07. The van der Waals surface area contributed by atoms with E-state index in [1.807, 2.05) is 30.3 Å². The molecule has 118 valence electrons. The fourth-order valence-electron chi connectivity index (χ4n) is 2.40. The summed E-state index contributed by atoms with van der Waals surface area (Å²) in [5.41, 5.74) is 5.83. The van der Waals surface area contributed by atoms with Crippen molar-refractivity contribution in [3.8, 4) is 5.75 Å². The maximum atomic E-state index is 11.8. The molecule has 2 aromatic rings. The van der Waals surface area contributed by atoms with Crippen LogP contribution in [0.3, 0.4) is 0 Å². The molecule has 2 aromatic carbocycles. The number of rotatable bonds is 7. The minimum absolute atomic E-state index is 0.116. The molecule has 0 saturated heterocycles. The maximum absolute atomic E-state index is 11.8. The Balaban J connectivity index is 1.82. The van der Waals surface area contributed by atoms with Gasteiger partial charge in [-0.2, -0.15) is 0 Å². The lowest BCUT2D eigenvalue weighted by atomic mass is 10.0. The normalized spacial score (nSPS) is 12.4. The summed E-state index contributed by atoms with van der Waals surface area (Å²) in [6.45, 7) is 4.98. The summed E-state index contributed by atoms with van der Waals surface area (Å²) in [5.74, 6) is 1.13. The van der Waals surface area contributed by atoms with Gasteiger partial charge in [0.05, 0.1) is 12.6 Å². The topological polar surface area (TPSA) is 64.4 Å². The zero-order valence-electron chi connectivity index (χ0n) is 13.2. The van der Waals surface area contributed by atoms with E-state index in [0.717, 1.165) is 16.5 Å². The van der Waals surface area contributed by atoms with Crippen LogP contribution in [0.4, 0.5) is 0 Å². The Bertz CT molecular complexity index is 620. The lowest BCUT2D eigenvalue weighted by Gasteiger charge is -2.14. The predicted octanol–water partition coefficient (Wildman–Crippen LogP) is 2.71. The summed E-state index contributed by atoms with van der Waals surface area (Å²) >= 11 is 0. The molecular formula is C18H24N2O2. The van der Waals surface area contributed by atoms with E-state index in [1.165, 1.54) is 0 Å². The highest BCUT2D eigenvalue weighted by atomic mass is 16.5. The van der Waals surface area contributed by atoms with E-state index in [4.69, 9.17) is 10.5 Å². The van der Waals surface area contributed by atoms with Crippen LogP contribution in [-0.2, 0) is 4.79 Å². The Morgan fingerprint density at radius 1 is 1.18 bits per heavy atom. The van der Waals surface area contributed by atoms with E-state index in [9.17, 15) is 4.79 Å². The molecule has 0 fully saturated rings. The number of fused-ring (bicyclic) bond motifs is 1. The quantitative estimate of drug-likeness (QED) is 0.773. The molecule has 0 unspecified atom stereocenters. The van der Waals surface area contributed by atoms with Crippen LogP contribution in [0.25, 0.3) is 10.8 Å². The SMILES string of the molecule is CC(C)C[C@H](N)C(=O)NCCOc1cccc2ccccc12. The number of benzene rings is 2. The van der Waals surface area contributed by atoms with Crippen LogP contribution in [0, 0.1) is 5.92 Å². The van der Waals surface area contributed by atoms with E-state index in [2.05, 4.69) is 31.3 Å². The highest BCUT2D eigenvalue weighted by molar-refractivity contribution is 5.88. The van der Waals surface area contributed by atoms with E-state index in [1.54, 1.807) is 0 Å². The third-order valence-corrected chi connectivity index (χ3v) is 3.47. The predicted molar refractivity (Wildman–Crippen MR) is 89.9 cm³/mol. The molecule has 3 N–H and O–H groups in total. The molecule has 0 aliphatic carbocycles. The first-order valence-corrected chi connectivity index (χ1v) is 7.72. The molecule has 0 bridgehead atoms. The molecule has 2 rings (SSSR count). The van der Waals surface area contributed by atoms with Crippen molar-refractivity contribution in [2.45, 2.75) is 26.3 Å². The second-order valence-electron chi connectivity index (χ2n) is 5.85. The lowest BCUT2D eigenvalue weighted by molar-refractivity contribution is -0.122. The van der Waals surface area contributed by atoms with Crippen LogP contribution < -0.4 is 15.8 Å². The van der Waals surface area contributed by atoms with E-state index >= 15 is 0 Å². The van der Waals surface area contributed by atoms with Gasteiger partial charge >= 0.3 is 0 Å². The number of nitrogens with two attached hydrogens (primary N) is 1. The van der Waals surface area contributed by atoms with Crippen molar-refractivity contribution in [1.29, 1.82) is 0 Å². The van der Waals surface area contributed by atoms with Crippen molar-refractivity contribution in [2.75, 3.05) is 13.2 Å². The van der Waals surface area contributed by atoms with Crippen molar-refractivity contribution in [3.05, 3.63) is 42.5 Å². The highest BCUT2D eigenvalue weighted by Gasteiger charge is 2.14. The molecule has 0 radical (unpaired) electrons. The minimum Gasteiger partial charge on any atom is -0.491 e. The van der Waals surface area contributed by atoms with Gasteiger partial charge in [0.2, 0.25) is 5.91 Å². The molecule has 1 atom stereocenters. The van der Waals surface area contributed by atoms with Gasteiger partial charge < -0.3 is 15.8 Å². The van der Waals surface area contributed by atoms with Gasteiger partial charge in [0.15, 0.2) is 0 Å². The number of hydrogen-bond acceptors (Lipinski definition) is 3. The molecule has 4 nitrogen and oxygen atoms in total. The third-order valence-electron chi connectivity index (χ3n) is 3.47. The number of carbonyl (C=O) groups excluding carboxylic acids is 1. The first-order chi connectivity index (χ1) is 10.6. The van der Waals surface area contributed by atoms with Gasteiger partial charge in [0, 0.05) is 5.39 Å². The molecule has 0 heterocycles. The second-order valence-corrected chi connectivity index (χ2v) is 5.85. The molecule has 1 amide bonds. The summed E-state index contributed by atoms with van der Waals surface area (Å²) < 4.78 is 5.77. The van der Waals surface area contributed by atoms with Gasteiger partial charge in [-0.1, -0.05) is 50.2 Å². The summed E-state index contributed by atoms with van der Waals surface area (Å²) in [4.78, 5) is 11.8. The van der Waals surface area contributed by atoms with Crippen LogP contribution in [0.5, 0.6) is 5.75 Å². The van der Waals surface area contributed by atoms with Crippen LogP contribution >= 0.6 is 0 Å². The monoisotopic (exact) mass is 300 g/mol. The molecule has 4 heteroatoms. The first kappa shape index (κ1) is 16.3. The van der Waals surface area contributed by atoms with E-state index in [0.29, 0.717) is 25.5 Å². The Morgan fingerprint density at radius 3 is 2.68 bits per heavy atom. The van der Waals surface area contributed by atoms with Crippen LogP contribution in [0.2, 0.25) is 0 Å². The van der Waals surface area contributed by atoms with Gasteiger partial charge in [-0.15, -0.1) is 0 Å². The Kier molecular flexibility index (Phi) is 5.78. The van der Waals surface area contributed by atoms with Gasteiger partial charge in [-0.05, 0) is 23.8 Å². The number of ether oxygens (including phenoxy) is 1. The summed E-state index contributed by atoms with van der Waals surface area (Å²) in [5, 5.41) is 5.04. The molecule has 0 aliphatic rings. The van der Waals surface area contributed by atoms with Crippen molar-refractivity contribution < 1.29 is 9.53 Å². The van der Waals surface area contributed by atoms with Gasteiger partial charge in [-0.25, -0.2) is 0 Å². The Morgan fingerprint density at radius 2 is 1.91 bits per heavy atom. The molecule has 0 aliphatic heterocycles. The zero-order chi connectivity index (χ0) is 15.9. The number of carbonyl (C=O) groups is 1. The summed E-state index contributed by atoms with van der Waals surface area (Å²) in [6, 6.07) is 13.6. The third kappa shape index (κ3) is 4.46. The molecule has 0 aromatic heterocycles. The number of hydrogen-bond donors (Lipinski definition) is 2. The lowest BCUT2D eigenvalue weighted by Crippen LogP contribution is -2.42. The largest absolute Gasteiger partial charge is 0.491 e. The van der Waals surface area contributed by atoms with Crippen molar-refractivity contribution in [3.63, 3.8) is 0 Å². The average molecular weight is 300 g/mol. The molecule has 22 heavy (non-hydrogen) atoms. The van der Waals surface area contributed by atoms with Crippen LogP contribution in [0.1, 0.15) is 20.3 Å². The molecular weight excluding hydrogens is 276 g/mol. The maximum Gasteiger partial charge on any atom is 0.237 e. The van der Waals surface area contributed by atoms with Crippen LogP contribution in [0.15, 0.2) is 42.5 Å². The van der Waals surface area contributed by atoms with Crippen LogP contribution in [-0.4, -0.2) is 25.1 Å². The molecule has 0 saturated carbocycles. The van der Waals surface area contributed by atoms with Gasteiger partial charge in [-0.3, -0.25) is 4.79 Å².